The summed E-state index contributed by atoms with van der Waals surface area (Å²) >= 11 is 1.52. The van der Waals surface area contributed by atoms with E-state index in [0.29, 0.717) is 5.69 Å². The van der Waals surface area contributed by atoms with Crippen LogP contribution in [-0.4, -0.2) is 39.4 Å². The van der Waals surface area contributed by atoms with Gasteiger partial charge in [-0.1, -0.05) is 17.8 Å². The van der Waals surface area contributed by atoms with E-state index in [1.807, 2.05) is 42.1 Å². The lowest BCUT2D eigenvalue weighted by Crippen LogP contribution is -2.35. The third-order valence-electron chi connectivity index (χ3n) is 4.65. The largest absolute Gasteiger partial charge is 0.357 e. The molecule has 2 aromatic heterocycles. The van der Waals surface area contributed by atoms with Crippen molar-refractivity contribution in [2.24, 2.45) is 7.05 Å². The topological polar surface area (TPSA) is 92.2 Å². The number of pyridine rings is 1. The molecule has 8 nitrogen and oxygen atoms in total. The van der Waals surface area contributed by atoms with E-state index in [0.717, 1.165) is 34.5 Å². The lowest BCUT2D eigenvalue weighted by Gasteiger charge is -2.19. The van der Waals surface area contributed by atoms with Gasteiger partial charge in [0.2, 0.25) is 0 Å². The quantitative estimate of drug-likeness (QED) is 0.525. The number of rotatable bonds is 8. The highest BCUT2D eigenvalue weighted by Gasteiger charge is 2.14. The van der Waals surface area contributed by atoms with E-state index < -0.39 is 11.8 Å². The molecule has 0 aliphatic carbocycles. The highest BCUT2D eigenvalue weighted by atomic mass is 32.2. The number of imidazole rings is 1. The van der Waals surface area contributed by atoms with Gasteiger partial charge in [-0.05, 0) is 49.7 Å². The molecule has 3 rings (SSSR count). The van der Waals surface area contributed by atoms with Gasteiger partial charge in [0, 0.05) is 55.9 Å². The molecule has 2 heterocycles. The van der Waals surface area contributed by atoms with Crippen molar-refractivity contribution < 1.29 is 9.59 Å². The Balaban J connectivity index is 1.49. The highest BCUT2D eigenvalue weighted by molar-refractivity contribution is 7.99. The molecule has 0 bridgehead atoms. The van der Waals surface area contributed by atoms with Crippen LogP contribution in [0.4, 0.5) is 11.5 Å². The van der Waals surface area contributed by atoms with E-state index in [4.69, 9.17) is 0 Å². The summed E-state index contributed by atoms with van der Waals surface area (Å²) in [6.07, 6.45) is 5.33. The van der Waals surface area contributed by atoms with Crippen LogP contribution in [-0.2, 0) is 23.2 Å². The number of carbonyl (C=O) groups is 2. The lowest BCUT2D eigenvalue weighted by atomic mass is 10.2. The van der Waals surface area contributed by atoms with Crippen LogP contribution in [0.25, 0.3) is 0 Å². The molecule has 0 radical (unpaired) electrons. The molecule has 9 heteroatoms. The van der Waals surface area contributed by atoms with E-state index in [1.165, 1.54) is 11.8 Å². The fourth-order valence-electron chi connectivity index (χ4n) is 2.87. The summed E-state index contributed by atoms with van der Waals surface area (Å²) in [6, 6.07) is 11.1. The Hall–Kier alpha value is -3.33. The number of aryl methyl sites for hydroxylation is 1. The Morgan fingerprint density at radius 1 is 1.03 bits per heavy atom. The monoisotopic (exact) mass is 438 g/mol. The second-order valence-electron chi connectivity index (χ2n) is 6.78. The number of nitrogens with one attached hydrogen (secondary N) is 2. The number of amides is 2. The van der Waals surface area contributed by atoms with Gasteiger partial charge >= 0.3 is 11.8 Å². The van der Waals surface area contributed by atoms with Gasteiger partial charge in [-0.25, -0.2) is 9.97 Å². The van der Waals surface area contributed by atoms with E-state index in [2.05, 4.69) is 39.3 Å². The average Bonchev–Trinajstić information content (AvgIpc) is 3.19. The average molecular weight is 439 g/mol. The number of benzene rings is 1. The molecule has 0 aliphatic rings. The minimum Gasteiger partial charge on any atom is -0.357 e. The summed E-state index contributed by atoms with van der Waals surface area (Å²) in [5.41, 5.74) is 1.38. The van der Waals surface area contributed by atoms with Crippen LogP contribution in [0.3, 0.4) is 0 Å². The molecule has 0 atom stereocenters. The zero-order valence-corrected chi connectivity index (χ0v) is 18.6. The van der Waals surface area contributed by atoms with Crippen molar-refractivity contribution in [2.75, 3.05) is 23.3 Å². The Labute approximate surface area is 186 Å². The van der Waals surface area contributed by atoms with E-state index >= 15 is 0 Å². The lowest BCUT2D eigenvalue weighted by molar-refractivity contribution is -0.136. The number of carbonyl (C=O) groups excluding carboxylic acids is 2. The molecule has 162 valence electrons. The van der Waals surface area contributed by atoms with Crippen LogP contribution < -0.4 is 15.5 Å². The van der Waals surface area contributed by atoms with Crippen LogP contribution in [0.15, 0.2) is 65.0 Å². The molecule has 2 amide bonds. The van der Waals surface area contributed by atoms with Crippen molar-refractivity contribution in [1.29, 1.82) is 0 Å². The summed E-state index contributed by atoms with van der Waals surface area (Å²) in [5.74, 6) is -0.515. The third-order valence-corrected chi connectivity index (χ3v) is 5.74. The van der Waals surface area contributed by atoms with Gasteiger partial charge in [0.05, 0.1) is 0 Å². The Morgan fingerprint density at radius 3 is 2.35 bits per heavy atom. The summed E-state index contributed by atoms with van der Waals surface area (Å²) in [7, 11) is 1.93. The fourth-order valence-corrected chi connectivity index (χ4v) is 3.67. The zero-order valence-electron chi connectivity index (χ0n) is 17.8. The van der Waals surface area contributed by atoms with Crippen molar-refractivity contribution in [3.63, 3.8) is 0 Å². The highest BCUT2D eigenvalue weighted by Crippen LogP contribution is 2.26. The Morgan fingerprint density at radius 2 is 1.77 bits per heavy atom. The maximum atomic E-state index is 12.2. The number of hydrogen-bond donors (Lipinski definition) is 2. The minimum atomic E-state index is -0.711. The Bertz CT molecular complexity index is 1010. The van der Waals surface area contributed by atoms with Gasteiger partial charge in [-0.3, -0.25) is 9.59 Å². The van der Waals surface area contributed by atoms with Crippen LogP contribution >= 0.6 is 11.8 Å². The van der Waals surface area contributed by atoms with Gasteiger partial charge in [0.1, 0.15) is 5.82 Å². The van der Waals surface area contributed by atoms with Crippen LogP contribution in [0.2, 0.25) is 0 Å². The van der Waals surface area contributed by atoms with Crippen LogP contribution in [0.1, 0.15) is 19.4 Å². The van der Waals surface area contributed by atoms with Gasteiger partial charge in [-0.2, -0.15) is 0 Å². The van der Waals surface area contributed by atoms with E-state index in [1.54, 1.807) is 24.5 Å². The van der Waals surface area contributed by atoms with Crippen molar-refractivity contribution in [3.05, 3.63) is 60.6 Å². The molecule has 2 N–H and O–H groups in total. The molecule has 0 aliphatic heterocycles. The van der Waals surface area contributed by atoms with Crippen LogP contribution in [0, 0.1) is 0 Å². The number of aromatic nitrogens is 3. The van der Waals surface area contributed by atoms with Gasteiger partial charge in [0.15, 0.2) is 5.16 Å². The number of anilines is 2. The Kier molecular flexibility index (Phi) is 7.66. The second kappa shape index (κ2) is 10.6. The first-order valence-corrected chi connectivity index (χ1v) is 10.9. The standard InChI is InChI=1S/C22H26N6O2S/c1-4-28(5-2)19-11-6-16(14-24-19)15-25-20(29)21(30)26-17-7-9-18(10-8-17)31-22-23-12-13-27(22)3/h6-14H,4-5,15H2,1-3H3,(H,25,29)(H,26,30). The maximum absolute atomic E-state index is 12.2. The summed E-state index contributed by atoms with van der Waals surface area (Å²) < 4.78 is 1.93. The van der Waals surface area contributed by atoms with Crippen LogP contribution in [0.5, 0.6) is 0 Å². The van der Waals surface area contributed by atoms with Crippen molar-refractivity contribution in [1.82, 2.24) is 19.9 Å². The normalized spacial score (nSPS) is 10.5. The molecule has 0 unspecified atom stereocenters. The predicted octanol–water partition coefficient (Wildman–Crippen LogP) is 3.07. The SMILES string of the molecule is CCN(CC)c1ccc(CNC(=O)C(=O)Nc2ccc(Sc3nccn3C)cc2)cn1. The van der Waals surface area contributed by atoms with Gasteiger partial charge in [-0.15, -0.1) is 0 Å². The molecule has 0 fully saturated rings. The summed E-state index contributed by atoms with van der Waals surface area (Å²) in [6.45, 7) is 6.14. The predicted molar refractivity (Wildman–Crippen MR) is 122 cm³/mol. The molecule has 3 aromatic rings. The van der Waals surface area contributed by atoms with Gasteiger partial charge < -0.3 is 20.1 Å². The molecular formula is C22H26N6O2S. The van der Waals surface area contributed by atoms with Gasteiger partial charge in [0.25, 0.3) is 0 Å². The second-order valence-corrected chi connectivity index (χ2v) is 7.82. The smallest absolute Gasteiger partial charge is 0.313 e. The first kappa shape index (κ1) is 22.4. The van der Waals surface area contributed by atoms with Crippen molar-refractivity contribution in [2.45, 2.75) is 30.4 Å². The number of nitrogens with zero attached hydrogens (tertiary/aromatic N) is 4. The van der Waals surface area contributed by atoms with Crippen molar-refractivity contribution in [3.8, 4) is 0 Å². The maximum Gasteiger partial charge on any atom is 0.313 e. The molecule has 0 spiro atoms. The molecule has 1 aromatic carbocycles. The molecule has 0 saturated heterocycles. The number of hydrogen-bond acceptors (Lipinski definition) is 6. The summed E-state index contributed by atoms with van der Waals surface area (Å²) in [5, 5.41) is 6.11. The molecular weight excluding hydrogens is 412 g/mol. The van der Waals surface area contributed by atoms with Crippen molar-refractivity contribution >= 4 is 35.1 Å². The summed E-state index contributed by atoms with van der Waals surface area (Å²) in [4.78, 5) is 36.1. The minimum absolute atomic E-state index is 0.233. The fraction of sp³-hybridized carbons (Fsp3) is 0.273. The van der Waals surface area contributed by atoms with E-state index in [9.17, 15) is 9.59 Å². The zero-order chi connectivity index (χ0) is 22.2. The molecule has 31 heavy (non-hydrogen) atoms. The third kappa shape index (κ3) is 6.08. The first-order chi connectivity index (χ1) is 15.0. The van der Waals surface area contributed by atoms with E-state index in [-0.39, 0.29) is 6.54 Å². The first-order valence-electron chi connectivity index (χ1n) is 10.0. The molecule has 0 saturated carbocycles.